The third-order valence-electron chi connectivity index (χ3n) is 4.93. The van der Waals surface area contributed by atoms with Crippen LogP contribution in [0.1, 0.15) is 24.6 Å². The van der Waals surface area contributed by atoms with Gasteiger partial charge in [0.1, 0.15) is 0 Å². The fraction of sp³-hybridized carbons (Fsp3) is 0.381. The normalized spacial score (nSPS) is 14.3. The summed E-state index contributed by atoms with van der Waals surface area (Å²) >= 11 is 0. The van der Waals surface area contributed by atoms with Crippen LogP contribution in [-0.2, 0) is 17.7 Å². The molecule has 1 saturated heterocycles. The second-order valence-corrected chi connectivity index (χ2v) is 7.16. The van der Waals surface area contributed by atoms with E-state index in [4.69, 9.17) is 9.84 Å². The molecule has 0 N–H and O–H groups in total. The van der Waals surface area contributed by atoms with Gasteiger partial charge in [0.05, 0.1) is 24.6 Å². The molecule has 1 aliphatic heterocycles. The number of aromatic nitrogens is 4. The molecule has 0 atom stereocenters. The van der Waals surface area contributed by atoms with Gasteiger partial charge in [-0.1, -0.05) is 6.92 Å². The maximum absolute atomic E-state index is 11.9. The van der Waals surface area contributed by atoms with Crippen LogP contribution in [0.5, 0.6) is 0 Å². The summed E-state index contributed by atoms with van der Waals surface area (Å²) in [6, 6.07) is 7.53. The summed E-state index contributed by atoms with van der Waals surface area (Å²) in [4.78, 5) is 16.5. The predicted molar refractivity (Wildman–Crippen MR) is 104 cm³/mol. The molecule has 3 aromatic heterocycles. The Kier molecular flexibility index (Phi) is 4.90. The topological polar surface area (TPSA) is 61.9 Å². The minimum Gasteiger partial charge on any atom is -0.381 e. The van der Waals surface area contributed by atoms with Gasteiger partial charge in [0.25, 0.3) is 5.56 Å². The van der Waals surface area contributed by atoms with Gasteiger partial charge in [0, 0.05) is 48.4 Å². The zero-order chi connectivity index (χ0) is 18.8. The van der Waals surface area contributed by atoms with Crippen molar-refractivity contribution in [2.45, 2.75) is 33.2 Å². The lowest BCUT2D eigenvalue weighted by Gasteiger charge is -2.25. The molecule has 0 saturated carbocycles. The van der Waals surface area contributed by atoms with Gasteiger partial charge in [-0.2, -0.15) is 5.10 Å². The lowest BCUT2D eigenvalue weighted by molar-refractivity contribution is -0.0316. The molecule has 6 heteroatoms. The average Bonchev–Trinajstić information content (AvgIpc) is 3.10. The summed E-state index contributed by atoms with van der Waals surface area (Å²) in [5, 5.41) is 4.70. The van der Waals surface area contributed by atoms with E-state index in [1.54, 1.807) is 21.4 Å². The van der Waals surface area contributed by atoms with Crippen molar-refractivity contribution in [3.8, 4) is 16.9 Å². The summed E-state index contributed by atoms with van der Waals surface area (Å²) in [6.07, 6.45) is 7.57. The molecule has 0 amide bonds. The number of hydrogen-bond acceptors (Lipinski definition) is 4. The van der Waals surface area contributed by atoms with Crippen LogP contribution in [-0.4, -0.2) is 32.5 Å². The molecule has 6 nitrogen and oxygen atoms in total. The van der Waals surface area contributed by atoms with Crippen molar-refractivity contribution in [3.63, 3.8) is 0 Å². The van der Waals surface area contributed by atoms with E-state index in [-0.39, 0.29) is 5.56 Å². The Morgan fingerprint density at radius 3 is 2.81 bits per heavy atom. The van der Waals surface area contributed by atoms with Gasteiger partial charge in [0.15, 0.2) is 0 Å². The van der Waals surface area contributed by atoms with Crippen molar-refractivity contribution >= 4 is 0 Å². The lowest BCUT2D eigenvalue weighted by atomic mass is 9.99. The van der Waals surface area contributed by atoms with Crippen LogP contribution < -0.4 is 5.56 Å². The molecule has 1 aliphatic rings. The number of rotatable bonds is 6. The van der Waals surface area contributed by atoms with E-state index < -0.39 is 0 Å². The fourth-order valence-corrected chi connectivity index (χ4v) is 3.37. The van der Waals surface area contributed by atoms with Crippen molar-refractivity contribution in [2.75, 3.05) is 13.2 Å². The van der Waals surface area contributed by atoms with Gasteiger partial charge in [0.2, 0.25) is 0 Å². The van der Waals surface area contributed by atoms with E-state index in [1.165, 1.54) is 5.56 Å². The molecule has 0 aromatic carbocycles. The summed E-state index contributed by atoms with van der Waals surface area (Å²) in [5.41, 5.74) is 5.08. The predicted octanol–water partition coefficient (Wildman–Crippen LogP) is 3.00. The Hall–Kier alpha value is -2.73. The SMILES string of the molecule is CCCn1cc(-n2ccc(-c3cnc(CC4COC4)cc3C)n2)ccc1=O. The van der Waals surface area contributed by atoms with E-state index in [9.17, 15) is 4.79 Å². The Bertz CT molecular complexity index is 1000. The highest BCUT2D eigenvalue weighted by Crippen LogP contribution is 2.24. The molecule has 140 valence electrons. The summed E-state index contributed by atoms with van der Waals surface area (Å²) in [5.74, 6) is 0.598. The first-order valence-corrected chi connectivity index (χ1v) is 9.44. The maximum Gasteiger partial charge on any atom is 0.250 e. The van der Waals surface area contributed by atoms with Gasteiger partial charge in [-0.3, -0.25) is 9.78 Å². The molecule has 0 radical (unpaired) electrons. The van der Waals surface area contributed by atoms with E-state index in [2.05, 4.69) is 24.9 Å². The third-order valence-corrected chi connectivity index (χ3v) is 4.93. The maximum atomic E-state index is 11.9. The first kappa shape index (κ1) is 17.7. The van der Waals surface area contributed by atoms with Crippen LogP contribution in [0.15, 0.2) is 47.7 Å². The number of nitrogens with zero attached hydrogens (tertiary/aromatic N) is 4. The van der Waals surface area contributed by atoms with Gasteiger partial charge in [-0.15, -0.1) is 0 Å². The van der Waals surface area contributed by atoms with Gasteiger partial charge < -0.3 is 9.30 Å². The summed E-state index contributed by atoms with van der Waals surface area (Å²) in [6.45, 7) is 6.54. The minimum atomic E-state index is 0.0143. The number of ether oxygens (including phenoxy) is 1. The molecule has 4 rings (SSSR count). The van der Waals surface area contributed by atoms with E-state index >= 15 is 0 Å². The monoisotopic (exact) mass is 364 g/mol. The fourth-order valence-electron chi connectivity index (χ4n) is 3.37. The smallest absolute Gasteiger partial charge is 0.250 e. The standard InChI is InChI=1S/C21H24N4O2/c1-3-7-24-12-18(4-5-21(24)26)25-8-6-20(23-25)19-11-22-17(9-15(19)2)10-16-13-27-14-16/h4-6,8-9,11-12,16H,3,7,10,13-14H2,1-2H3. The van der Waals surface area contributed by atoms with Crippen molar-refractivity contribution < 1.29 is 4.74 Å². The minimum absolute atomic E-state index is 0.0143. The highest BCUT2D eigenvalue weighted by molar-refractivity contribution is 5.62. The quantitative estimate of drug-likeness (QED) is 0.675. The molecule has 0 aliphatic carbocycles. The highest BCUT2D eigenvalue weighted by atomic mass is 16.5. The van der Waals surface area contributed by atoms with Gasteiger partial charge >= 0.3 is 0 Å². The first-order valence-electron chi connectivity index (χ1n) is 9.44. The van der Waals surface area contributed by atoms with Crippen LogP contribution >= 0.6 is 0 Å². The first-order chi connectivity index (χ1) is 13.1. The lowest BCUT2D eigenvalue weighted by Crippen LogP contribution is -2.29. The molecule has 0 bridgehead atoms. The molecule has 27 heavy (non-hydrogen) atoms. The molecule has 0 spiro atoms. The van der Waals surface area contributed by atoms with Crippen LogP contribution in [0.4, 0.5) is 0 Å². The average molecular weight is 364 g/mol. The van der Waals surface area contributed by atoms with Gasteiger partial charge in [-0.05, 0) is 43.5 Å². The van der Waals surface area contributed by atoms with E-state index in [1.807, 2.05) is 24.7 Å². The third kappa shape index (κ3) is 3.71. The van der Waals surface area contributed by atoms with Crippen LogP contribution in [0.3, 0.4) is 0 Å². The Labute approximate surface area is 158 Å². The van der Waals surface area contributed by atoms with Crippen molar-refractivity contribution in [1.29, 1.82) is 0 Å². The van der Waals surface area contributed by atoms with Crippen molar-refractivity contribution in [2.24, 2.45) is 5.92 Å². The van der Waals surface area contributed by atoms with Crippen LogP contribution in [0, 0.1) is 12.8 Å². The van der Waals surface area contributed by atoms with Crippen LogP contribution in [0.25, 0.3) is 16.9 Å². The van der Waals surface area contributed by atoms with E-state index in [0.29, 0.717) is 12.5 Å². The highest BCUT2D eigenvalue weighted by Gasteiger charge is 2.19. The largest absolute Gasteiger partial charge is 0.381 e. The zero-order valence-electron chi connectivity index (χ0n) is 15.8. The number of pyridine rings is 2. The molecule has 1 fully saturated rings. The Morgan fingerprint density at radius 2 is 2.11 bits per heavy atom. The Morgan fingerprint density at radius 1 is 1.26 bits per heavy atom. The number of aryl methyl sites for hydroxylation is 2. The van der Waals surface area contributed by atoms with Crippen molar-refractivity contribution in [3.05, 3.63) is 64.5 Å². The zero-order valence-corrected chi connectivity index (χ0v) is 15.8. The van der Waals surface area contributed by atoms with Crippen LogP contribution in [0.2, 0.25) is 0 Å². The second-order valence-electron chi connectivity index (χ2n) is 7.16. The second kappa shape index (κ2) is 7.48. The number of hydrogen-bond donors (Lipinski definition) is 0. The molecular formula is C21H24N4O2. The van der Waals surface area contributed by atoms with E-state index in [0.717, 1.165) is 48.7 Å². The Balaban J connectivity index is 1.59. The summed E-state index contributed by atoms with van der Waals surface area (Å²) < 4.78 is 8.77. The molecule has 4 heterocycles. The molecular weight excluding hydrogens is 340 g/mol. The molecule has 0 unspecified atom stereocenters. The molecule has 3 aromatic rings. The van der Waals surface area contributed by atoms with Gasteiger partial charge in [-0.25, -0.2) is 4.68 Å². The van der Waals surface area contributed by atoms with Crippen molar-refractivity contribution in [1.82, 2.24) is 19.3 Å². The summed E-state index contributed by atoms with van der Waals surface area (Å²) in [7, 11) is 0.